The number of nitrogens with zero attached hydrogens (tertiary/aromatic N) is 3. The van der Waals surface area contributed by atoms with Crippen LogP contribution in [0.3, 0.4) is 0 Å². The largest absolute Gasteiger partial charge is 0.481 e. The Morgan fingerprint density at radius 3 is 2.59 bits per heavy atom. The van der Waals surface area contributed by atoms with Gasteiger partial charge in [-0.1, -0.05) is 55.4 Å². The number of aryl methyl sites for hydroxylation is 1. The lowest BCUT2D eigenvalue weighted by Gasteiger charge is -2.31. The molecule has 1 atom stereocenters. The first-order chi connectivity index (χ1) is 18.6. The number of likely N-dealkylation sites (N-methyl/N-ethyl adjacent to an activating group) is 1. The van der Waals surface area contributed by atoms with E-state index in [9.17, 15) is 9.59 Å². The second-order valence-electron chi connectivity index (χ2n) is 10.1. The van der Waals surface area contributed by atoms with Gasteiger partial charge in [0.15, 0.2) is 0 Å². The fourth-order valence-corrected chi connectivity index (χ4v) is 5.65. The number of aromatic nitrogens is 1. The predicted octanol–water partition coefficient (Wildman–Crippen LogP) is 6.13. The molecular weight excluding hydrogens is 512 g/mol. The van der Waals surface area contributed by atoms with E-state index in [2.05, 4.69) is 24.9 Å². The molecule has 3 aromatic rings. The summed E-state index contributed by atoms with van der Waals surface area (Å²) in [5, 5.41) is 3.47. The van der Waals surface area contributed by atoms with Gasteiger partial charge in [0.2, 0.25) is 5.88 Å². The average molecular weight is 543 g/mol. The molecule has 2 amide bonds. The van der Waals surface area contributed by atoms with Gasteiger partial charge in [-0.2, -0.15) is 0 Å². The Hall–Kier alpha value is -4.10. The minimum absolute atomic E-state index is 0.0307. The molecule has 8 heteroatoms. The van der Waals surface area contributed by atoms with E-state index in [4.69, 9.17) is 21.3 Å². The van der Waals surface area contributed by atoms with Gasteiger partial charge in [-0.25, -0.2) is 4.98 Å². The summed E-state index contributed by atoms with van der Waals surface area (Å²) < 4.78 is 5.66. The summed E-state index contributed by atoms with van der Waals surface area (Å²) in [6, 6.07) is 13.6. The lowest BCUT2D eigenvalue weighted by Crippen LogP contribution is -2.41. The summed E-state index contributed by atoms with van der Waals surface area (Å²) >= 11 is 7.03. The number of ether oxygens (including phenoxy) is 1. The van der Waals surface area contributed by atoms with Gasteiger partial charge in [0.25, 0.3) is 11.8 Å². The Labute approximate surface area is 233 Å². The number of carbonyl (C=O) groups is 2. The number of amides is 2. The number of methoxy groups -OCH3 is 1. The van der Waals surface area contributed by atoms with Crippen molar-refractivity contribution in [3.8, 4) is 28.3 Å². The van der Waals surface area contributed by atoms with Crippen molar-refractivity contribution in [1.82, 2.24) is 14.8 Å². The van der Waals surface area contributed by atoms with Crippen molar-refractivity contribution < 1.29 is 14.3 Å². The summed E-state index contributed by atoms with van der Waals surface area (Å²) in [4.78, 5) is 33.7. The molecule has 0 saturated heterocycles. The Balaban J connectivity index is 1.50. The maximum Gasteiger partial charge on any atom is 0.266 e. The molecule has 200 valence electrons. The van der Waals surface area contributed by atoms with Crippen LogP contribution < -0.4 is 10.1 Å². The van der Waals surface area contributed by atoms with E-state index in [1.54, 1.807) is 26.1 Å². The quantitative estimate of drug-likeness (QED) is 0.392. The lowest BCUT2D eigenvalue weighted by atomic mass is 9.95. The topological polar surface area (TPSA) is 74.8 Å². The van der Waals surface area contributed by atoms with E-state index in [1.807, 2.05) is 43.3 Å². The molecular formula is C31H31ClN4O3. The van der Waals surface area contributed by atoms with E-state index in [1.165, 1.54) is 22.2 Å². The summed E-state index contributed by atoms with van der Waals surface area (Å²) in [5.41, 5.74) is 7.15. The van der Waals surface area contributed by atoms with Gasteiger partial charge in [0.1, 0.15) is 11.4 Å². The van der Waals surface area contributed by atoms with Crippen LogP contribution >= 0.6 is 11.6 Å². The third kappa shape index (κ3) is 4.57. The number of fused-ring (bicyclic) bond motifs is 1. The maximum absolute atomic E-state index is 13.1. The van der Waals surface area contributed by atoms with Gasteiger partial charge in [-0.15, -0.1) is 0 Å². The molecule has 0 bridgehead atoms. The van der Waals surface area contributed by atoms with E-state index in [0.717, 1.165) is 40.8 Å². The van der Waals surface area contributed by atoms with Crippen LogP contribution in [0.1, 0.15) is 36.0 Å². The molecule has 7 nitrogen and oxygen atoms in total. The second kappa shape index (κ2) is 10.2. The number of pyridine rings is 1. The molecule has 0 fully saturated rings. The SMILES string of the molecule is C=C1N(C)C=C(C(=O)Nc2cccc(-c3cccc(-c4cc5c(c(OC)n4)C(C)CC5)c3Cl)c2C)C(=O)N1C. The van der Waals surface area contributed by atoms with E-state index >= 15 is 0 Å². The fraction of sp³-hybridized carbons (Fsp3) is 0.258. The molecule has 1 aliphatic heterocycles. The van der Waals surface area contributed by atoms with Crippen molar-refractivity contribution in [2.45, 2.75) is 32.6 Å². The number of halogens is 1. The smallest absolute Gasteiger partial charge is 0.266 e. The minimum atomic E-state index is -0.491. The van der Waals surface area contributed by atoms with Crippen LogP contribution in [0.2, 0.25) is 5.02 Å². The first-order valence-electron chi connectivity index (χ1n) is 12.8. The van der Waals surface area contributed by atoms with Crippen LogP contribution in [0.15, 0.2) is 66.6 Å². The van der Waals surface area contributed by atoms with Gasteiger partial charge in [0, 0.05) is 42.7 Å². The van der Waals surface area contributed by atoms with Crippen LogP contribution in [0.5, 0.6) is 5.88 Å². The van der Waals surface area contributed by atoms with Gasteiger partial charge < -0.3 is 15.0 Å². The molecule has 1 N–H and O–H groups in total. The molecule has 1 unspecified atom stereocenters. The predicted molar refractivity (Wildman–Crippen MR) is 155 cm³/mol. The van der Waals surface area contributed by atoms with E-state index < -0.39 is 11.8 Å². The third-order valence-corrected chi connectivity index (χ3v) is 8.09. The van der Waals surface area contributed by atoms with Gasteiger partial charge in [-0.3, -0.25) is 14.5 Å². The Morgan fingerprint density at radius 1 is 1.15 bits per heavy atom. The molecule has 39 heavy (non-hydrogen) atoms. The van der Waals surface area contributed by atoms with Crippen molar-refractivity contribution in [2.75, 3.05) is 26.5 Å². The fourth-order valence-electron chi connectivity index (χ4n) is 5.33. The molecule has 2 aliphatic rings. The monoisotopic (exact) mass is 542 g/mol. The third-order valence-electron chi connectivity index (χ3n) is 7.69. The highest BCUT2D eigenvalue weighted by Gasteiger charge is 2.30. The molecule has 0 saturated carbocycles. The van der Waals surface area contributed by atoms with E-state index in [-0.39, 0.29) is 5.57 Å². The zero-order valence-corrected chi connectivity index (χ0v) is 23.5. The van der Waals surface area contributed by atoms with Crippen LogP contribution in [0, 0.1) is 6.92 Å². The van der Waals surface area contributed by atoms with Gasteiger partial charge in [-0.05, 0) is 54.5 Å². The number of anilines is 1. The normalized spacial score (nSPS) is 16.8. The lowest BCUT2D eigenvalue weighted by molar-refractivity contribution is -0.128. The Kier molecular flexibility index (Phi) is 6.95. The van der Waals surface area contributed by atoms with Crippen molar-refractivity contribution >= 4 is 29.1 Å². The number of carbonyl (C=O) groups excluding carboxylic acids is 2. The number of benzene rings is 2. The van der Waals surface area contributed by atoms with Crippen LogP contribution in [0.25, 0.3) is 22.4 Å². The van der Waals surface area contributed by atoms with Crippen molar-refractivity contribution in [3.05, 3.63) is 88.4 Å². The first kappa shape index (κ1) is 26.5. The molecule has 0 radical (unpaired) electrons. The van der Waals surface area contributed by atoms with Gasteiger partial charge >= 0.3 is 0 Å². The molecule has 5 rings (SSSR count). The second-order valence-corrected chi connectivity index (χ2v) is 10.4. The minimum Gasteiger partial charge on any atom is -0.481 e. The Bertz CT molecular complexity index is 1560. The summed E-state index contributed by atoms with van der Waals surface area (Å²) in [5.74, 6) is 0.663. The average Bonchev–Trinajstić information content (AvgIpc) is 3.31. The highest BCUT2D eigenvalue weighted by Crippen LogP contribution is 2.43. The summed E-state index contributed by atoms with van der Waals surface area (Å²) in [7, 11) is 4.99. The zero-order chi connectivity index (χ0) is 28.0. The number of hydrogen-bond donors (Lipinski definition) is 1. The van der Waals surface area contributed by atoms with Crippen LogP contribution in [-0.2, 0) is 16.0 Å². The molecule has 1 aromatic heterocycles. The maximum atomic E-state index is 13.1. The Morgan fingerprint density at radius 2 is 1.85 bits per heavy atom. The van der Waals surface area contributed by atoms with Crippen LogP contribution in [0.4, 0.5) is 5.69 Å². The highest BCUT2D eigenvalue weighted by atomic mass is 35.5. The van der Waals surface area contributed by atoms with Crippen molar-refractivity contribution in [2.24, 2.45) is 0 Å². The van der Waals surface area contributed by atoms with Crippen molar-refractivity contribution in [1.29, 1.82) is 0 Å². The number of rotatable bonds is 5. The summed E-state index contributed by atoms with van der Waals surface area (Å²) in [6.07, 6.45) is 3.56. The molecule has 1 aliphatic carbocycles. The van der Waals surface area contributed by atoms with Gasteiger partial charge in [0.05, 0.1) is 17.8 Å². The zero-order valence-electron chi connectivity index (χ0n) is 22.8. The molecule has 2 heterocycles. The van der Waals surface area contributed by atoms with Crippen molar-refractivity contribution in [3.63, 3.8) is 0 Å². The highest BCUT2D eigenvalue weighted by molar-refractivity contribution is 6.36. The standard InChI is InChI=1S/C31H31ClN4O3/c1-17-13-14-20-15-26(34-30(39-6)27(17)20)23-11-7-10-22(28(23)32)21-9-8-12-25(18(21)2)33-29(37)24-16-35(4)19(3)36(5)31(24)38/h7-12,15-17H,3,13-14H2,1-2,4-6H3,(H,33,37). The molecule has 2 aromatic carbocycles. The first-order valence-corrected chi connectivity index (χ1v) is 13.2. The van der Waals surface area contributed by atoms with E-state index in [0.29, 0.717) is 28.3 Å². The number of hydrogen-bond acceptors (Lipinski definition) is 5. The number of nitrogens with one attached hydrogen (secondary N) is 1. The van der Waals surface area contributed by atoms with Crippen LogP contribution in [-0.4, -0.2) is 47.8 Å². The summed E-state index contributed by atoms with van der Waals surface area (Å²) in [6.45, 7) is 7.98. The molecule has 0 spiro atoms.